The van der Waals surface area contributed by atoms with Gasteiger partial charge in [0, 0.05) is 26.2 Å². The normalized spacial score (nSPS) is 19.1. The number of para-hydroxylation sites is 2. The number of rotatable bonds is 4. The topological polar surface area (TPSA) is 59.0 Å². The summed E-state index contributed by atoms with van der Waals surface area (Å²) in [7, 11) is 0. The second kappa shape index (κ2) is 7.06. The van der Waals surface area contributed by atoms with Crippen LogP contribution in [0.3, 0.4) is 0 Å². The first-order chi connectivity index (χ1) is 12.3. The van der Waals surface area contributed by atoms with Crippen LogP contribution in [0.2, 0.25) is 0 Å². The van der Waals surface area contributed by atoms with E-state index in [1.807, 2.05) is 30.3 Å². The molecule has 1 N–H and O–H groups in total. The first-order valence-electron chi connectivity index (χ1n) is 8.65. The molecule has 1 atom stereocenters. The molecule has 1 aromatic heterocycles. The molecule has 3 aromatic rings. The summed E-state index contributed by atoms with van der Waals surface area (Å²) in [6, 6.07) is 21.0. The van der Waals surface area contributed by atoms with Crippen molar-refractivity contribution in [3.8, 4) is 6.07 Å². The largest absolute Gasteiger partial charge is 0.341 e. The number of nitrogens with zero attached hydrogens (tertiary/aromatic N) is 4. The highest BCUT2D eigenvalue weighted by Gasteiger charge is 2.30. The first kappa shape index (κ1) is 15.8. The molecular weight excluding hydrogens is 310 g/mol. The Labute approximate surface area is 147 Å². The van der Waals surface area contributed by atoms with Crippen LogP contribution in [0.5, 0.6) is 0 Å². The van der Waals surface area contributed by atoms with Gasteiger partial charge in [0.25, 0.3) is 0 Å². The molecule has 5 nitrogen and oxygen atoms in total. The lowest BCUT2D eigenvalue weighted by molar-refractivity contribution is 0.0760. The summed E-state index contributed by atoms with van der Waals surface area (Å²) in [5, 5.41) is 9.19. The number of aromatic nitrogens is 2. The van der Waals surface area contributed by atoms with Crippen molar-refractivity contribution in [1.29, 1.82) is 5.26 Å². The maximum absolute atomic E-state index is 9.19. The average Bonchev–Trinajstić information content (AvgIpc) is 3.08. The van der Waals surface area contributed by atoms with Gasteiger partial charge in [-0.3, -0.25) is 9.80 Å². The zero-order valence-electron chi connectivity index (χ0n) is 14.1. The van der Waals surface area contributed by atoms with Crippen LogP contribution in [0.15, 0.2) is 54.6 Å². The summed E-state index contributed by atoms with van der Waals surface area (Å²) in [5.41, 5.74) is 3.35. The van der Waals surface area contributed by atoms with E-state index in [2.05, 4.69) is 45.1 Å². The molecular formula is C20H21N5. The van der Waals surface area contributed by atoms with E-state index in [0.717, 1.165) is 43.0 Å². The van der Waals surface area contributed by atoms with E-state index >= 15 is 0 Å². The molecule has 0 radical (unpaired) electrons. The minimum absolute atomic E-state index is 0.115. The van der Waals surface area contributed by atoms with E-state index < -0.39 is 0 Å². The second-order valence-corrected chi connectivity index (χ2v) is 6.50. The molecule has 1 fully saturated rings. The van der Waals surface area contributed by atoms with Gasteiger partial charge in [-0.1, -0.05) is 42.5 Å². The minimum atomic E-state index is 0.115. The minimum Gasteiger partial charge on any atom is -0.341 e. The number of hydrogen-bond acceptors (Lipinski definition) is 4. The molecule has 0 amide bonds. The second-order valence-electron chi connectivity index (χ2n) is 6.50. The lowest BCUT2D eigenvalue weighted by atomic mass is 10.1. The van der Waals surface area contributed by atoms with E-state index in [1.54, 1.807) is 0 Å². The van der Waals surface area contributed by atoms with Crippen LogP contribution in [0.1, 0.15) is 17.4 Å². The predicted molar refractivity (Wildman–Crippen MR) is 97.7 cm³/mol. The number of H-pyrrole nitrogens is 1. The smallest absolute Gasteiger partial charge is 0.126 e. The Hall–Kier alpha value is -2.68. The third kappa shape index (κ3) is 3.41. The standard InChI is InChI=1S/C20H21N5/c21-10-11-25-13-12-24(14-16-6-2-1-3-7-16)15-19(25)20-22-17-8-4-5-9-18(17)23-20/h1-9,19H,11-15H2,(H,22,23). The van der Waals surface area contributed by atoms with E-state index in [1.165, 1.54) is 5.56 Å². The zero-order chi connectivity index (χ0) is 17.1. The molecule has 1 aliphatic rings. The number of aromatic amines is 1. The molecule has 4 rings (SSSR count). The van der Waals surface area contributed by atoms with Crippen LogP contribution >= 0.6 is 0 Å². The summed E-state index contributed by atoms with van der Waals surface area (Å²) in [6.45, 7) is 4.07. The maximum atomic E-state index is 9.19. The van der Waals surface area contributed by atoms with Gasteiger partial charge in [-0.15, -0.1) is 0 Å². The van der Waals surface area contributed by atoms with Gasteiger partial charge in [0.1, 0.15) is 5.82 Å². The monoisotopic (exact) mass is 331 g/mol. The van der Waals surface area contributed by atoms with Crippen molar-refractivity contribution in [2.45, 2.75) is 12.6 Å². The molecule has 25 heavy (non-hydrogen) atoms. The van der Waals surface area contributed by atoms with Crippen LogP contribution in [-0.2, 0) is 6.54 Å². The number of nitrogens with one attached hydrogen (secondary N) is 1. The number of benzene rings is 2. The van der Waals surface area contributed by atoms with Crippen molar-refractivity contribution in [2.75, 3.05) is 26.2 Å². The fourth-order valence-electron chi connectivity index (χ4n) is 3.53. The molecule has 1 saturated heterocycles. The van der Waals surface area contributed by atoms with E-state index in [0.29, 0.717) is 6.54 Å². The SMILES string of the molecule is N#CCN1CCN(Cc2ccccc2)CC1c1nc2ccccc2[nH]1. The van der Waals surface area contributed by atoms with Gasteiger partial charge in [-0.05, 0) is 17.7 Å². The summed E-state index contributed by atoms with van der Waals surface area (Å²) >= 11 is 0. The van der Waals surface area contributed by atoms with Gasteiger partial charge >= 0.3 is 0 Å². The molecule has 0 spiro atoms. The van der Waals surface area contributed by atoms with E-state index in [-0.39, 0.29) is 6.04 Å². The predicted octanol–water partition coefficient (Wildman–Crippen LogP) is 2.95. The average molecular weight is 331 g/mol. The van der Waals surface area contributed by atoms with Gasteiger partial charge in [-0.2, -0.15) is 5.26 Å². The number of imidazole rings is 1. The fraction of sp³-hybridized carbons (Fsp3) is 0.300. The van der Waals surface area contributed by atoms with Gasteiger partial charge < -0.3 is 4.98 Å². The van der Waals surface area contributed by atoms with Gasteiger partial charge in [0.2, 0.25) is 0 Å². The van der Waals surface area contributed by atoms with E-state index in [4.69, 9.17) is 4.98 Å². The van der Waals surface area contributed by atoms with Crippen molar-refractivity contribution in [3.63, 3.8) is 0 Å². The summed E-state index contributed by atoms with van der Waals surface area (Å²) in [6.07, 6.45) is 0. The van der Waals surface area contributed by atoms with Crippen molar-refractivity contribution >= 4 is 11.0 Å². The highest BCUT2D eigenvalue weighted by molar-refractivity contribution is 5.74. The molecule has 1 aliphatic heterocycles. The van der Waals surface area contributed by atoms with Crippen LogP contribution in [0.25, 0.3) is 11.0 Å². The van der Waals surface area contributed by atoms with E-state index in [9.17, 15) is 5.26 Å². The van der Waals surface area contributed by atoms with Gasteiger partial charge in [0.05, 0.1) is 29.7 Å². The Bertz CT molecular complexity index is 847. The molecule has 0 bridgehead atoms. The van der Waals surface area contributed by atoms with Crippen molar-refractivity contribution in [1.82, 2.24) is 19.8 Å². The summed E-state index contributed by atoms with van der Waals surface area (Å²) < 4.78 is 0. The van der Waals surface area contributed by atoms with Crippen molar-refractivity contribution < 1.29 is 0 Å². The first-order valence-corrected chi connectivity index (χ1v) is 8.65. The lowest BCUT2D eigenvalue weighted by Crippen LogP contribution is -2.48. The molecule has 2 heterocycles. The van der Waals surface area contributed by atoms with Gasteiger partial charge in [0.15, 0.2) is 0 Å². The highest BCUT2D eigenvalue weighted by atomic mass is 15.3. The summed E-state index contributed by atoms with van der Waals surface area (Å²) in [4.78, 5) is 12.9. The number of piperazine rings is 1. The quantitative estimate of drug-likeness (QED) is 0.747. The van der Waals surface area contributed by atoms with Crippen LogP contribution in [0, 0.1) is 11.3 Å². The highest BCUT2D eigenvalue weighted by Crippen LogP contribution is 2.26. The Morgan fingerprint density at radius 2 is 1.88 bits per heavy atom. The molecule has 5 heteroatoms. The molecule has 1 unspecified atom stereocenters. The number of fused-ring (bicyclic) bond motifs is 1. The molecule has 0 saturated carbocycles. The molecule has 126 valence electrons. The molecule has 2 aromatic carbocycles. The van der Waals surface area contributed by atoms with Crippen LogP contribution in [0.4, 0.5) is 0 Å². The Balaban J connectivity index is 1.58. The number of nitriles is 1. The maximum Gasteiger partial charge on any atom is 0.126 e. The van der Waals surface area contributed by atoms with Crippen LogP contribution in [-0.4, -0.2) is 45.9 Å². The summed E-state index contributed by atoms with van der Waals surface area (Å²) in [5.74, 6) is 0.953. The molecule has 0 aliphatic carbocycles. The third-order valence-electron chi connectivity index (χ3n) is 4.82. The van der Waals surface area contributed by atoms with Crippen molar-refractivity contribution in [2.24, 2.45) is 0 Å². The number of hydrogen-bond donors (Lipinski definition) is 1. The third-order valence-corrected chi connectivity index (χ3v) is 4.82. The van der Waals surface area contributed by atoms with Gasteiger partial charge in [-0.25, -0.2) is 4.98 Å². The lowest BCUT2D eigenvalue weighted by Gasteiger charge is -2.39. The Kier molecular flexibility index (Phi) is 4.47. The fourth-order valence-corrected chi connectivity index (χ4v) is 3.53. The Morgan fingerprint density at radius 1 is 1.08 bits per heavy atom. The Morgan fingerprint density at radius 3 is 2.68 bits per heavy atom. The zero-order valence-corrected chi connectivity index (χ0v) is 14.1. The van der Waals surface area contributed by atoms with Crippen molar-refractivity contribution in [3.05, 3.63) is 66.0 Å². The van der Waals surface area contributed by atoms with Crippen LogP contribution < -0.4 is 0 Å².